The maximum absolute atomic E-state index is 4.64. The zero-order chi connectivity index (χ0) is 23.3. The van der Waals surface area contributed by atoms with Gasteiger partial charge in [0.25, 0.3) is 0 Å². The van der Waals surface area contributed by atoms with E-state index in [-0.39, 0.29) is 0 Å². The van der Waals surface area contributed by atoms with Gasteiger partial charge < -0.3 is 15.5 Å². The van der Waals surface area contributed by atoms with E-state index in [1.807, 2.05) is 19.2 Å². The third kappa shape index (κ3) is 7.83. The molecule has 1 fully saturated rings. The standard InChI is InChI=1S/C28H42N4/c1-7-11-25-14-13-24(19-27(25)30-16-8-2)20-31-26(10-4)28(15-12-22(5)9-3)32-18-17-29-23(6)21-32/h8,10-16,19,23,29,31H,7,9,17-18,20-21H2,1-6H3/b16-8-,22-12+,25-11+,26-10+,28-15+,30-27-. The van der Waals surface area contributed by atoms with Crippen LogP contribution in [-0.2, 0) is 0 Å². The first-order chi connectivity index (χ1) is 15.5. The molecule has 0 aromatic rings. The van der Waals surface area contributed by atoms with Gasteiger partial charge >= 0.3 is 0 Å². The first kappa shape index (κ1) is 25.7. The SMILES string of the molecule is C\C=C/N=C1/C=C(CNC(=C/C)/C(=C\C=C(/C)CC)N2CCNC(C)C2)C=C/C1=C\CC. The third-order valence-electron chi connectivity index (χ3n) is 5.72. The highest BCUT2D eigenvalue weighted by Crippen LogP contribution is 2.19. The molecule has 1 saturated heterocycles. The van der Waals surface area contributed by atoms with Crippen LogP contribution in [-0.4, -0.2) is 42.8 Å². The number of aliphatic imine (C=N–C) groups is 1. The summed E-state index contributed by atoms with van der Waals surface area (Å²) in [7, 11) is 0. The molecule has 174 valence electrons. The fraction of sp³-hybridized carbons (Fsp3) is 0.464. The van der Waals surface area contributed by atoms with E-state index in [2.05, 4.69) is 97.7 Å². The molecule has 0 radical (unpaired) electrons. The van der Waals surface area contributed by atoms with Crippen LogP contribution in [0.25, 0.3) is 0 Å². The van der Waals surface area contributed by atoms with Gasteiger partial charge in [0.1, 0.15) is 0 Å². The highest BCUT2D eigenvalue weighted by Gasteiger charge is 2.20. The second-order valence-corrected chi connectivity index (χ2v) is 8.39. The zero-order valence-corrected chi connectivity index (χ0v) is 20.9. The molecule has 0 amide bonds. The Morgan fingerprint density at radius 1 is 1.25 bits per heavy atom. The minimum Gasteiger partial charge on any atom is -0.380 e. The molecule has 2 rings (SSSR count). The van der Waals surface area contributed by atoms with E-state index >= 15 is 0 Å². The minimum atomic E-state index is 0.486. The fourth-order valence-electron chi connectivity index (χ4n) is 3.75. The van der Waals surface area contributed by atoms with Gasteiger partial charge in [0.15, 0.2) is 0 Å². The van der Waals surface area contributed by atoms with Crippen molar-refractivity contribution in [2.45, 2.75) is 60.4 Å². The van der Waals surface area contributed by atoms with Gasteiger partial charge in [-0.1, -0.05) is 55.9 Å². The van der Waals surface area contributed by atoms with E-state index in [9.17, 15) is 0 Å². The molecular weight excluding hydrogens is 392 g/mol. The van der Waals surface area contributed by atoms with Crippen molar-refractivity contribution in [2.24, 2.45) is 4.99 Å². The second-order valence-electron chi connectivity index (χ2n) is 8.39. The van der Waals surface area contributed by atoms with Crippen LogP contribution in [0.4, 0.5) is 0 Å². The molecule has 0 bridgehead atoms. The maximum atomic E-state index is 4.64. The maximum Gasteiger partial charge on any atom is 0.0701 e. The number of nitrogens with one attached hydrogen (secondary N) is 2. The molecule has 1 aliphatic heterocycles. The third-order valence-corrected chi connectivity index (χ3v) is 5.72. The molecule has 1 heterocycles. The summed E-state index contributed by atoms with van der Waals surface area (Å²) in [5, 5.41) is 7.26. The van der Waals surface area contributed by atoms with Crippen molar-refractivity contribution in [1.82, 2.24) is 15.5 Å². The van der Waals surface area contributed by atoms with E-state index in [0.29, 0.717) is 6.04 Å². The van der Waals surface area contributed by atoms with E-state index in [4.69, 9.17) is 0 Å². The van der Waals surface area contributed by atoms with Crippen LogP contribution >= 0.6 is 0 Å². The highest BCUT2D eigenvalue weighted by atomic mass is 15.2. The molecule has 1 aliphatic carbocycles. The number of hydrogen-bond donors (Lipinski definition) is 2. The van der Waals surface area contributed by atoms with Gasteiger partial charge in [-0.25, -0.2) is 0 Å². The predicted molar refractivity (Wildman–Crippen MR) is 141 cm³/mol. The Hall–Kier alpha value is -2.59. The summed E-state index contributed by atoms with van der Waals surface area (Å²) >= 11 is 0. The summed E-state index contributed by atoms with van der Waals surface area (Å²) in [4.78, 5) is 7.13. The molecule has 0 saturated carbocycles. The van der Waals surface area contributed by atoms with Crippen LogP contribution in [0.5, 0.6) is 0 Å². The Morgan fingerprint density at radius 2 is 2.06 bits per heavy atom. The van der Waals surface area contributed by atoms with Crippen molar-refractivity contribution in [2.75, 3.05) is 26.2 Å². The van der Waals surface area contributed by atoms with E-state index < -0.39 is 0 Å². The van der Waals surface area contributed by atoms with Crippen LogP contribution in [0.2, 0.25) is 0 Å². The van der Waals surface area contributed by atoms with Crippen LogP contribution in [0, 0.1) is 0 Å². The van der Waals surface area contributed by atoms with Gasteiger partial charge in [-0.05, 0) is 63.8 Å². The average molecular weight is 435 g/mol. The lowest BCUT2D eigenvalue weighted by Crippen LogP contribution is -2.49. The molecule has 1 unspecified atom stereocenters. The molecule has 0 spiro atoms. The van der Waals surface area contributed by atoms with E-state index in [1.165, 1.54) is 28.1 Å². The van der Waals surface area contributed by atoms with Gasteiger partial charge in [-0.3, -0.25) is 4.99 Å². The molecule has 2 N–H and O–H groups in total. The van der Waals surface area contributed by atoms with Crippen molar-refractivity contribution in [3.63, 3.8) is 0 Å². The van der Waals surface area contributed by atoms with Gasteiger partial charge in [0.2, 0.25) is 0 Å². The summed E-state index contributed by atoms with van der Waals surface area (Å²) in [6.45, 7) is 16.7. The van der Waals surface area contributed by atoms with Crippen molar-refractivity contribution < 1.29 is 0 Å². The van der Waals surface area contributed by atoms with Crippen LogP contribution in [0.15, 0.2) is 87.9 Å². The number of rotatable bonds is 9. The van der Waals surface area contributed by atoms with Gasteiger partial charge in [0, 0.05) is 38.4 Å². The molecule has 4 heteroatoms. The Morgan fingerprint density at radius 3 is 2.72 bits per heavy atom. The molecular formula is C28H42N4. The van der Waals surface area contributed by atoms with E-state index in [1.54, 1.807) is 0 Å². The molecule has 2 aliphatic rings. The zero-order valence-electron chi connectivity index (χ0n) is 20.9. The van der Waals surface area contributed by atoms with Crippen molar-refractivity contribution in [3.8, 4) is 0 Å². The number of allylic oxidation sites excluding steroid dienone is 9. The number of hydrogen-bond acceptors (Lipinski definition) is 4. The summed E-state index contributed by atoms with van der Waals surface area (Å²) in [5.74, 6) is 0. The summed E-state index contributed by atoms with van der Waals surface area (Å²) in [6, 6.07) is 0.486. The quantitative estimate of drug-likeness (QED) is 0.449. The van der Waals surface area contributed by atoms with Crippen molar-refractivity contribution in [1.29, 1.82) is 0 Å². The topological polar surface area (TPSA) is 39.7 Å². The fourth-order valence-corrected chi connectivity index (χ4v) is 3.75. The van der Waals surface area contributed by atoms with Gasteiger partial charge in [-0.2, -0.15) is 0 Å². The lowest BCUT2D eigenvalue weighted by atomic mass is 9.99. The first-order valence-corrected chi connectivity index (χ1v) is 12.1. The average Bonchev–Trinajstić information content (AvgIpc) is 2.80. The smallest absolute Gasteiger partial charge is 0.0701 e. The Balaban J connectivity index is 2.23. The number of nitrogens with zero attached hydrogens (tertiary/aromatic N) is 2. The highest BCUT2D eigenvalue weighted by molar-refractivity contribution is 6.12. The molecule has 4 nitrogen and oxygen atoms in total. The lowest BCUT2D eigenvalue weighted by molar-refractivity contribution is 0.258. The normalized spacial score (nSPS) is 23.4. The van der Waals surface area contributed by atoms with Gasteiger partial charge in [0.05, 0.1) is 17.1 Å². The molecule has 0 aromatic heterocycles. The summed E-state index contributed by atoms with van der Waals surface area (Å²) in [6.07, 6.45) is 21.4. The van der Waals surface area contributed by atoms with Crippen molar-refractivity contribution in [3.05, 3.63) is 82.9 Å². The Kier molecular flexibility index (Phi) is 11.0. The lowest BCUT2D eigenvalue weighted by Gasteiger charge is -2.36. The summed E-state index contributed by atoms with van der Waals surface area (Å²) in [5.41, 5.74) is 7.28. The van der Waals surface area contributed by atoms with Crippen molar-refractivity contribution >= 4 is 5.71 Å². The van der Waals surface area contributed by atoms with Gasteiger partial charge in [-0.15, -0.1) is 0 Å². The molecule has 1 atom stereocenters. The van der Waals surface area contributed by atoms with Crippen LogP contribution < -0.4 is 10.6 Å². The Bertz CT molecular complexity index is 862. The molecule has 32 heavy (non-hydrogen) atoms. The molecule has 0 aromatic carbocycles. The van der Waals surface area contributed by atoms with Crippen LogP contribution in [0.3, 0.4) is 0 Å². The Labute approximate surface area is 196 Å². The summed E-state index contributed by atoms with van der Waals surface area (Å²) < 4.78 is 0. The predicted octanol–water partition coefficient (Wildman–Crippen LogP) is 5.82. The van der Waals surface area contributed by atoms with Crippen LogP contribution in [0.1, 0.15) is 54.4 Å². The van der Waals surface area contributed by atoms with E-state index in [0.717, 1.165) is 44.7 Å². The monoisotopic (exact) mass is 434 g/mol. The minimum absolute atomic E-state index is 0.486. The first-order valence-electron chi connectivity index (χ1n) is 12.1. The number of piperazine rings is 1. The second kappa shape index (κ2) is 13.7. The largest absolute Gasteiger partial charge is 0.380 e.